The van der Waals surface area contributed by atoms with E-state index in [1.165, 1.54) is 25.0 Å². The molecule has 0 saturated carbocycles. The third-order valence-electron chi connectivity index (χ3n) is 3.68. The van der Waals surface area contributed by atoms with Crippen LogP contribution < -0.4 is 0 Å². The van der Waals surface area contributed by atoms with Gasteiger partial charge in [0.25, 0.3) is 5.78 Å². The molecule has 0 bridgehead atoms. The summed E-state index contributed by atoms with van der Waals surface area (Å²) < 4.78 is 14.7. The van der Waals surface area contributed by atoms with Gasteiger partial charge in [0.05, 0.1) is 23.3 Å². The Kier molecular flexibility index (Phi) is 2.52. The molecule has 0 fully saturated rings. The summed E-state index contributed by atoms with van der Waals surface area (Å²) in [5.41, 5.74) is 3.79. The van der Waals surface area contributed by atoms with E-state index in [9.17, 15) is 4.39 Å². The van der Waals surface area contributed by atoms with Gasteiger partial charge in [0.1, 0.15) is 5.82 Å². The van der Waals surface area contributed by atoms with Crippen LogP contribution in [0.15, 0.2) is 30.5 Å². The largest absolute Gasteiger partial charge is 0.251 e. The van der Waals surface area contributed by atoms with Gasteiger partial charge >= 0.3 is 0 Å². The van der Waals surface area contributed by atoms with Gasteiger partial charge in [-0.1, -0.05) is 0 Å². The second-order valence-corrected chi connectivity index (χ2v) is 5.09. The Morgan fingerprint density at radius 1 is 0.950 bits per heavy atom. The van der Waals surface area contributed by atoms with Crippen molar-refractivity contribution < 1.29 is 4.39 Å². The van der Waals surface area contributed by atoms with Gasteiger partial charge in [0.15, 0.2) is 0 Å². The van der Waals surface area contributed by atoms with Crippen LogP contribution in [0.25, 0.3) is 17.0 Å². The number of fused-ring (bicyclic) bond motifs is 2. The number of aromatic nitrogens is 4. The lowest BCUT2D eigenvalue weighted by molar-refractivity contribution is 0.628. The molecule has 1 aromatic carbocycles. The Morgan fingerprint density at radius 2 is 1.70 bits per heavy atom. The Labute approximate surface area is 115 Å². The molecular formula is C15H13FN4. The van der Waals surface area contributed by atoms with E-state index in [2.05, 4.69) is 15.1 Å². The van der Waals surface area contributed by atoms with Crippen molar-refractivity contribution in [2.24, 2.45) is 0 Å². The fraction of sp³-hybridized carbons (Fsp3) is 0.267. The van der Waals surface area contributed by atoms with Crippen LogP contribution in [0.3, 0.4) is 0 Å². The molecule has 20 heavy (non-hydrogen) atoms. The van der Waals surface area contributed by atoms with Crippen molar-refractivity contribution in [2.75, 3.05) is 0 Å². The second-order valence-electron chi connectivity index (χ2n) is 5.09. The standard InChI is InChI=1S/C15H13FN4/c16-11-7-5-10(6-8-11)14-9-20-15(18-14)17-12-3-1-2-4-13(12)19-20/h5-9H,1-4H2. The first-order valence-corrected chi connectivity index (χ1v) is 6.81. The predicted molar refractivity (Wildman–Crippen MR) is 72.8 cm³/mol. The molecule has 1 aliphatic carbocycles. The average Bonchev–Trinajstić information content (AvgIpc) is 2.88. The Balaban J connectivity index is 1.84. The molecule has 0 unspecified atom stereocenters. The molecule has 0 N–H and O–H groups in total. The summed E-state index contributed by atoms with van der Waals surface area (Å²) in [7, 11) is 0. The first-order valence-electron chi connectivity index (χ1n) is 6.81. The number of hydrogen-bond acceptors (Lipinski definition) is 3. The highest BCUT2D eigenvalue weighted by atomic mass is 19.1. The monoisotopic (exact) mass is 268 g/mol. The van der Waals surface area contributed by atoms with Crippen molar-refractivity contribution >= 4 is 5.78 Å². The van der Waals surface area contributed by atoms with Crippen LogP contribution in [0.5, 0.6) is 0 Å². The molecule has 0 radical (unpaired) electrons. The van der Waals surface area contributed by atoms with E-state index in [1.54, 1.807) is 16.6 Å². The maximum Gasteiger partial charge on any atom is 0.251 e. The highest BCUT2D eigenvalue weighted by Gasteiger charge is 2.15. The SMILES string of the molecule is Fc1ccc(-c2cn3nc4c(nc3n2)CCCC4)cc1. The fourth-order valence-corrected chi connectivity index (χ4v) is 2.62. The topological polar surface area (TPSA) is 43.1 Å². The lowest BCUT2D eigenvalue weighted by atomic mass is 10.0. The number of halogens is 1. The van der Waals surface area contributed by atoms with Gasteiger partial charge < -0.3 is 0 Å². The van der Waals surface area contributed by atoms with E-state index in [4.69, 9.17) is 0 Å². The van der Waals surface area contributed by atoms with Gasteiger partial charge in [-0.15, -0.1) is 0 Å². The van der Waals surface area contributed by atoms with Crippen LogP contribution in [-0.2, 0) is 12.8 Å². The lowest BCUT2D eigenvalue weighted by Gasteiger charge is -2.12. The Bertz CT molecular complexity index is 733. The van der Waals surface area contributed by atoms with Gasteiger partial charge in [0, 0.05) is 5.56 Å². The quantitative estimate of drug-likeness (QED) is 0.681. The molecular weight excluding hydrogens is 255 g/mol. The Hall–Kier alpha value is -2.30. The maximum absolute atomic E-state index is 13.0. The minimum Gasteiger partial charge on any atom is -0.214 e. The molecule has 0 atom stereocenters. The molecule has 0 saturated heterocycles. The molecule has 3 aromatic rings. The zero-order valence-corrected chi connectivity index (χ0v) is 10.9. The van der Waals surface area contributed by atoms with Gasteiger partial charge in [0.2, 0.25) is 0 Å². The first-order chi connectivity index (χ1) is 9.79. The smallest absolute Gasteiger partial charge is 0.214 e. The van der Waals surface area contributed by atoms with Crippen LogP contribution in [0.2, 0.25) is 0 Å². The summed E-state index contributed by atoms with van der Waals surface area (Å²) in [6.45, 7) is 0. The van der Waals surface area contributed by atoms with E-state index in [0.717, 1.165) is 35.5 Å². The minimum atomic E-state index is -0.246. The number of rotatable bonds is 1. The molecule has 5 heteroatoms. The zero-order chi connectivity index (χ0) is 13.5. The summed E-state index contributed by atoms with van der Waals surface area (Å²) in [4.78, 5) is 9.08. The van der Waals surface area contributed by atoms with Crippen LogP contribution >= 0.6 is 0 Å². The number of aryl methyl sites for hydroxylation is 2. The van der Waals surface area contributed by atoms with Crippen LogP contribution in [0.1, 0.15) is 24.2 Å². The fourth-order valence-electron chi connectivity index (χ4n) is 2.62. The molecule has 0 aliphatic heterocycles. The van der Waals surface area contributed by atoms with Crippen molar-refractivity contribution in [1.29, 1.82) is 0 Å². The highest BCUT2D eigenvalue weighted by Crippen LogP contribution is 2.21. The summed E-state index contributed by atoms with van der Waals surface area (Å²) in [6, 6.07) is 6.31. The molecule has 0 amide bonds. The molecule has 100 valence electrons. The van der Waals surface area contributed by atoms with E-state index in [0.29, 0.717) is 5.78 Å². The van der Waals surface area contributed by atoms with Crippen molar-refractivity contribution in [1.82, 2.24) is 19.6 Å². The van der Waals surface area contributed by atoms with Crippen LogP contribution in [-0.4, -0.2) is 19.6 Å². The van der Waals surface area contributed by atoms with Crippen molar-refractivity contribution in [2.45, 2.75) is 25.7 Å². The predicted octanol–water partition coefficient (Wildman–Crippen LogP) is 2.81. The van der Waals surface area contributed by atoms with Crippen molar-refractivity contribution in [3.63, 3.8) is 0 Å². The molecule has 1 aliphatic rings. The molecule has 2 heterocycles. The number of nitrogens with zero attached hydrogens (tertiary/aromatic N) is 4. The van der Waals surface area contributed by atoms with Gasteiger partial charge in [-0.25, -0.2) is 18.9 Å². The van der Waals surface area contributed by atoms with E-state index < -0.39 is 0 Å². The molecule has 2 aromatic heterocycles. The van der Waals surface area contributed by atoms with Crippen molar-refractivity contribution in [3.05, 3.63) is 47.7 Å². The van der Waals surface area contributed by atoms with E-state index >= 15 is 0 Å². The summed E-state index contributed by atoms with van der Waals surface area (Å²) >= 11 is 0. The van der Waals surface area contributed by atoms with Gasteiger partial charge in [-0.05, 0) is 49.9 Å². The molecule has 4 rings (SSSR count). The first kappa shape index (κ1) is 11.5. The highest BCUT2D eigenvalue weighted by molar-refractivity contribution is 5.61. The number of imidazole rings is 1. The molecule has 4 nitrogen and oxygen atoms in total. The number of hydrogen-bond donors (Lipinski definition) is 0. The third kappa shape index (κ3) is 1.86. The number of benzene rings is 1. The summed E-state index contributed by atoms with van der Waals surface area (Å²) in [5.74, 6) is 0.370. The maximum atomic E-state index is 13.0. The van der Waals surface area contributed by atoms with E-state index in [-0.39, 0.29) is 5.82 Å². The Morgan fingerprint density at radius 3 is 2.50 bits per heavy atom. The van der Waals surface area contributed by atoms with Crippen LogP contribution in [0, 0.1) is 5.82 Å². The van der Waals surface area contributed by atoms with E-state index in [1.807, 2.05) is 6.20 Å². The normalized spacial score (nSPS) is 14.4. The second kappa shape index (κ2) is 4.37. The van der Waals surface area contributed by atoms with Crippen molar-refractivity contribution in [3.8, 4) is 11.3 Å². The molecule has 0 spiro atoms. The van der Waals surface area contributed by atoms with Crippen LogP contribution in [0.4, 0.5) is 4.39 Å². The van der Waals surface area contributed by atoms with Gasteiger partial charge in [-0.3, -0.25) is 0 Å². The summed E-state index contributed by atoms with van der Waals surface area (Å²) in [6.07, 6.45) is 6.17. The lowest BCUT2D eigenvalue weighted by Crippen LogP contribution is -2.11. The zero-order valence-electron chi connectivity index (χ0n) is 10.9. The average molecular weight is 268 g/mol. The summed E-state index contributed by atoms with van der Waals surface area (Å²) in [5, 5.41) is 4.60. The van der Waals surface area contributed by atoms with Gasteiger partial charge in [-0.2, -0.15) is 5.10 Å². The minimum absolute atomic E-state index is 0.246. The third-order valence-corrected chi connectivity index (χ3v) is 3.68.